The molecule has 0 heterocycles. The highest BCUT2D eigenvalue weighted by Crippen LogP contribution is 2.35. The third kappa shape index (κ3) is 3.96. The Morgan fingerprint density at radius 1 is 1.21 bits per heavy atom. The van der Waals surface area contributed by atoms with Gasteiger partial charge in [0, 0.05) is 13.1 Å². The number of halogens is 3. The minimum Gasteiger partial charge on any atom is -0.342 e. The zero-order valence-corrected chi connectivity index (χ0v) is 10.3. The van der Waals surface area contributed by atoms with Crippen molar-refractivity contribution in [3.63, 3.8) is 0 Å². The van der Waals surface area contributed by atoms with E-state index in [0.717, 1.165) is 5.56 Å². The molecule has 0 radical (unpaired) electrons. The summed E-state index contributed by atoms with van der Waals surface area (Å²) >= 11 is 0. The summed E-state index contributed by atoms with van der Waals surface area (Å²) in [6.45, 7) is 0.925. The van der Waals surface area contributed by atoms with Gasteiger partial charge in [-0.1, -0.05) is 30.3 Å². The van der Waals surface area contributed by atoms with Crippen LogP contribution in [0.1, 0.15) is 18.4 Å². The smallest absolute Gasteiger partial charge is 0.342 e. The SMILES string of the molecule is O=C(NC1(CNCc2ccccc2)CC1)C(F)(F)F. The molecule has 1 aromatic rings. The summed E-state index contributed by atoms with van der Waals surface area (Å²) in [7, 11) is 0. The van der Waals surface area contributed by atoms with Crippen LogP contribution in [0.5, 0.6) is 0 Å². The quantitative estimate of drug-likeness (QED) is 0.860. The highest BCUT2D eigenvalue weighted by molar-refractivity contribution is 5.82. The van der Waals surface area contributed by atoms with Crippen molar-refractivity contribution in [2.45, 2.75) is 31.1 Å². The highest BCUT2D eigenvalue weighted by atomic mass is 19.4. The molecule has 1 aliphatic carbocycles. The standard InChI is InChI=1S/C13H15F3N2O/c14-13(15,16)11(19)18-12(6-7-12)9-17-8-10-4-2-1-3-5-10/h1-5,17H,6-9H2,(H,18,19). The van der Waals surface area contributed by atoms with Crippen molar-refractivity contribution in [3.8, 4) is 0 Å². The normalized spacial score (nSPS) is 17.0. The lowest BCUT2D eigenvalue weighted by atomic mass is 10.2. The van der Waals surface area contributed by atoms with Gasteiger partial charge in [-0.05, 0) is 18.4 Å². The van der Waals surface area contributed by atoms with Crippen molar-refractivity contribution >= 4 is 5.91 Å². The van der Waals surface area contributed by atoms with E-state index < -0.39 is 17.6 Å². The monoisotopic (exact) mass is 272 g/mol. The first-order chi connectivity index (χ1) is 8.91. The van der Waals surface area contributed by atoms with E-state index in [1.807, 2.05) is 30.3 Å². The fraction of sp³-hybridized carbons (Fsp3) is 0.462. The largest absolute Gasteiger partial charge is 0.471 e. The van der Waals surface area contributed by atoms with Gasteiger partial charge in [-0.15, -0.1) is 0 Å². The van der Waals surface area contributed by atoms with E-state index in [9.17, 15) is 18.0 Å². The van der Waals surface area contributed by atoms with Crippen LogP contribution in [0.4, 0.5) is 13.2 Å². The van der Waals surface area contributed by atoms with Crippen LogP contribution in [0.15, 0.2) is 30.3 Å². The highest BCUT2D eigenvalue weighted by Gasteiger charge is 2.49. The van der Waals surface area contributed by atoms with Crippen LogP contribution in [0.2, 0.25) is 0 Å². The van der Waals surface area contributed by atoms with Crippen molar-refractivity contribution in [1.29, 1.82) is 0 Å². The van der Waals surface area contributed by atoms with Gasteiger partial charge < -0.3 is 10.6 Å². The Morgan fingerprint density at radius 2 is 1.84 bits per heavy atom. The third-order valence-corrected chi connectivity index (χ3v) is 3.13. The van der Waals surface area contributed by atoms with Crippen LogP contribution in [0, 0.1) is 0 Å². The molecule has 1 aliphatic rings. The van der Waals surface area contributed by atoms with Gasteiger partial charge in [-0.25, -0.2) is 0 Å². The van der Waals surface area contributed by atoms with Crippen molar-refractivity contribution in [3.05, 3.63) is 35.9 Å². The molecule has 2 N–H and O–H groups in total. The van der Waals surface area contributed by atoms with Crippen molar-refractivity contribution in [2.24, 2.45) is 0 Å². The average molecular weight is 272 g/mol. The molecule has 0 saturated heterocycles. The first-order valence-corrected chi connectivity index (χ1v) is 6.05. The zero-order valence-electron chi connectivity index (χ0n) is 10.3. The van der Waals surface area contributed by atoms with Gasteiger partial charge in [0.25, 0.3) is 0 Å². The van der Waals surface area contributed by atoms with Gasteiger partial charge >= 0.3 is 12.1 Å². The minimum atomic E-state index is -4.81. The molecular formula is C13H15F3N2O. The molecule has 0 unspecified atom stereocenters. The number of carbonyl (C=O) groups excluding carboxylic acids is 1. The molecule has 0 aromatic heterocycles. The molecule has 1 saturated carbocycles. The topological polar surface area (TPSA) is 41.1 Å². The number of carbonyl (C=O) groups is 1. The van der Waals surface area contributed by atoms with Crippen molar-refractivity contribution in [2.75, 3.05) is 6.54 Å². The fourth-order valence-electron chi connectivity index (χ4n) is 1.85. The molecule has 2 rings (SSSR count). The average Bonchev–Trinajstić information content (AvgIpc) is 3.09. The van der Waals surface area contributed by atoms with E-state index >= 15 is 0 Å². The second-order valence-electron chi connectivity index (χ2n) is 4.82. The molecule has 1 fully saturated rings. The van der Waals surface area contributed by atoms with Gasteiger partial charge in [0.1, 0.15) is 0 Å². The molecule has 1 amide bonds. The van der Waals surface area contributed by atoms with Crippen LogP contribution in [0.25, 0.3) is 0 Å². The van der Waals surface area contributed by atoms with E-state index in [1.165, 1.54) is 0 Å². The fourth-order valence-corrected chi connectivity index (χ4v) is 1.85. The maximum Gasteiger partial charge on any atom is 0.471 e. The number of benzene rings is 1. The third-order valence-electron chi connectivity index (χ3n) is 3.13. The Balaban J connectivity index is 1.78. The zero-order chi connectivity index (χ0) is 13.9. The Labute approximate surface area is 109 Å². The summed E-state index contributed by atoms with van der Waals surface area (Å²) in [6.07, 6.45) is -3.65. The number of hydrogen-bond acceptors (Lipinski definition) is 2. The summed E-state index contributed by atoms with van der Waals surface area (Å²) in [5.41, 5.74) is 0.335. The lowest BCUT2D eigenvalue weighted by molar-refractivity contribution is -0.174. The van der Waals surface area contributed by atoms with E-state index in [-0.39, 0.29) is 0 Å². The Bertz CT molecular complexity index is 441. The molecule has 0 aliphatic heterocycles. The predicted octanol–water partition coefficient (Wildman–Crippen LogP) is 1.99. The summed E-state index contributed by atoms with van der Waals surface area (Å²) in [4.78, 5) is 10.9. The van der Waals surface area contributed by atoms with Crippen LogP contribution in [-0.4, -0.2) is 24.2 Å². The number of rotatable bonds is 5. The van der Waals surface area contributed by atoms with Gasteiger partial charge in [0.15, 0.2) is 0 Å². The molecule has 104 valence electrons. The number of hydrogen-bond donors (Lipinski definition) is 2. The Kier molecular flexibility index (Phi) is 3.80. The second-order valence-corrected chi connectivity index (χ2v) is 4.82. The van der Waals surface area contributed by atoms with Gasteiger partial charge in [-0.2, -0.15) is 13.2 Å². The molecule has 3 nitrogen and oxygen atoms in total. The summed E-state index contributed by atoms with van der Waals surface area (Å²) in [5, 5.41) is 5.15. The first kappa shape index (κ1) is 13.9. The van der Waals surface area contributed by atoms with Crippen molar-refractivity contribution in [1.82, 2.24) is 10.6 Å². The van der Waals surface area contributed by atoms with Crippen LogP contribution in [-0.2, 0) is 11.3 Å². The number of alkyl halides is 3. The van der Waals surface area contributed by atoms with Crippen LogP contribution >= 0.6 is 0 Å². The number of amides is 1. The molecule has 1 aromatic carbocycles. The summed E-state index contributed by atoms with van der Waals surface area (Å²) in [6, 6.07) is 9.56. The van der Waals surface area contributed by atoms with Gasteiger partial charge in [0.2, 0.25) is 0 Å². The molecule has 19 heavy (non-hydrogen) atoms. The lowest BCUT2D eigenvalue weighted by Crippen LogP contribution is -2.49. The molecule has 0 bridgehead atoms. The molecule has 0 spiro atoms. The minimum absolute atomic E-state index is 0.351. The van der Waals surface area contributed by atoms with Crippen LogP contribution in [0.3, 0.4) is 0 Å². The van der Waals surface area contributed by atoms with Crippen LogP contribution < -0.4 is 10.6 Å². The Hall–Kier alpha value is -1.56. The van der Waals surface area contributed by atoms with Gasteiger partial charge in [0.05, 0.1) is 5.54 Å². The van der Waals surface area contributed by atoms with E-state index in [1.54, 1.807) is 0 Å². The first-order valence-electron chi connectivity index (χ1n) is 6.05. The predicted molar refractivity (Wildman–Crippen MR) is 64.3 cm³/mol. The van der Waals surface area contributed by atoms with E-state index in [4.69, 9.17) is 0 Å². The maximum atomic E-state index is 12.2. The molecular weight excluding hydrogens is 257 g/mol. The summed E-state index contributed by atoms with van der Waals surface area (Å²) < 4.78 is 36.5. The van der Waals surface area contributed by atoms with E-state index in [0.29, 0.717) is 25.9 Å². The second kappa shape index (κ2) is 5.21. The summed E-state index contributed by atoms with van der Waals surface area (Å²) in [5.74, 6) is -1.86. The number of nitrogens with one attached hydrogen (secondary N) is 2. The Morgan fingerprint density at radius 3 is 2.37 bits per heavy atom. The lowest BCUT2D eigenvalue weighted by Gasteiger charge is -2.19. The molecule has 0 atom stereocenters. The van der Waals surface area contributed by atoms with Gasteiger partial charge in [-0.3, -0.25) is 4.79 Å². The van der Waals surface area contributed by atoms with Crippen molar-refractivity contribution < 1.29 is 18.0 Å². The molecule has 6 heteroatoms. The maximum absolute atomic E-state index is 12.2. The van der Waals surface area contributed by atoms with E-state index in [2.05, 4.69) is 10.6 Å².